The van der Waals surface area contributed by atoms with Gasteiger partial charge < -0.3 is 9.84 Å². The molecule has 2 nitrogen and oxygen atoms in total. The van der Waals surface area contributed by atoms with Crippen molar-refractivity contribution < 1.29 is 9.84 Å². The summed E-state index contributed by atoms with van der Waals surface area (Å²) in [5.74, 6) is 0.741. The molecule has 2 aromatic rings. The van der Waals surface area contributed by atoms with Crippen LogP contribution in [0.5, 0.6) is 5.75 Å². The summed E-state index contributed by atoms with van der Waals surface area (Å²) >= 11 is 9.47. The van der Waals surface area contributed by atoms with E-state index in [0.29, 0.717) is 11.4 Å². The highest BCUT2D eigenvalue weighted by Crippen LogP contribution is 2.41. The number of fused-ring (bicyclic) bond motifs is 1. The van der Waals surface area contributed by atoms with Crippen LogP contribution in [0, 0.1) is 0 Å². The van der Waals surface area contributed by atoms with Crippen molar-refractivity contribution in [2.45, 2.75) is 18.6 Å². The Kier molecular flexibility index (Phi) is 3.52. The second-order valence-corrected chi connectivity index (χ2v) is 5.83. The van der Waals surface area contributed by atoms with E-state index >= 15 is 0 Å². The highest BCUT2D eigenvalue weighted by atomic mass is 79.9. The molecule has 98 valence electrons. The van der Waals surface area contributed by atoms with E-state index in [2.05, 4.69) is 15.9 Å². The molecule has 1 N–H and O–H groups in total. The Morgan fingerprint density at radius 2 is 2.00 bits per heavy atom. The molecule has 1 aliphatic heterocycles. The molecule has 2 aromatic carbocycles. The Morgan fingerprint density at radius 1 is 1.21 bits per heavy atom. The maximum Gasteiger partial charge on any atom is 0.127 e. The molecule has 19 heavy (non-hydrogen) atoms. The number of halogens is 2. The summed E-state index contributed by atoms with van der Waals surface area (Å²) in [5, 5.41) is 10.8. The Bertz CT molecular complexity index is 615. The minimum atomic E-state index is -0.502. The lowest BCUT2D eigenvalue weighted by Crippen LogP contribution is -2.18. The molecule has 0 amide bonds. The van der Waals surface area contributed by atoms with E-state index in [-0.39, 0.29) is 6.10 Å². The Labute approximate surface area is 125 Å². The van der Waals surface area contributed by atoms with E-state index in [1.54, 1.807) is 0 Å². The number of para-hydroxylation sites is 1. The van der Waals surface area contributed by atoms with Gasteiger partial charge in [-0.05, 0) is 39.7 Å². The molecule has 0 saturated carbocycles. The first kappa shape index (κ1) is 13.0. The molecule has 4 heteroatoms. The fourth-order valence-electron chi connectivity index (χ4n) is 2.31. The van der Waals surface area contributed by atoms with Crippen LogP contribution in [-0.4, -0.2) is 5.11 Å². The Balaban J connectivity index is 1.94. The Morgan fingerprint density at radius 3 is 2.79 bits per heavy atom. The molecule has 0 fully saturated rings. The zero-order valence-corrected chi connectivity index (χ0v) is 12.4. The summed E-state index contributed by atoms with van der Waals surface area (Å²) < 4.78 is 6.81. The van der Waals surface area contributed by atoms with Gasteiger partial charge in [0.05, 0.1) is 11.1 Å². The van der Waals surface area contributed by atoms with Crippen LogP contribution in [0.3, 0.4) is 0 Å². The van der Waals surface area contributed by atoms with E-state index in [9.17, 15) is 5.11 Å². The topological polar surface area (TPSA) is 29.5 Å². The average Bonchev–Trinajstić information content (AvgIpc) is 2.42. The minimum absolute atomic E-state index is 0.171. The summed E-state index contributed by atoms with van der Waals surface area (Å²) in [7, 11) is 0. The van der Waals surface area contributed by atoms with Crippen LogP contribution in [0.1, 0.15) is 29.8 Å². The molecule has 0 saturated heterocycles. The standard InChI is InChI=1S/C15H12BrClO2/c16-11-6-5-9(7-12(11)17)15-8-13(18)10-3-1-2-4-14(10)19-15/h1-7,13,15,18H,8H2/t13-,15?/m0/s1. The van der Waals surface area contributed by atoms with Crippen molar-refractivity contribution in [2.24, 2.45) is 0 Å². The third kappa shape index (κ3) is 2.50. The van der Waals surface area contributed by atoms with E-state index < -0.39 is 6.10 Å². The fraction of sp³-hybridized carbons (Fsp3) is 0.200. The summed E-state index contributed by atoms with van der Waals surface area (Å²) in [6.07, 6.45) is -0.137. The van der Waals surface area contributed by atoms with Crippen molar-refractivity contribution in [2.75, 3.05) is 0 Å². The van der Waals surface area contributed by atoms with Crippen LogP contribution >= 0.6 is 27.5 Å². The summed E-state index contributed by atoms with van der Waals surface area (Å²) in [4.78, 5) is 0. The molecule has 0 aromatic heterocycles. The molecule has 0 radical (unpaired) electrons. The molecular weight excluding hydrogens is 328 g/mol. The first-order chi connectivity index (χ1) is 9.15. The number of benzene rings is 2. The van der Waals surface area contributed by atoms with Gasteiger partial charge in [0.25, 0.3) is 0 Å². The number of aliphatic hydroxyl groups excluding tert-OH is 1. The molecule has 3 rings (SSSR count). The van der Waals surface area contributed by atoms with Gasteiger partial charge >= 0.3 is 0 Å². The van der Waals surface area contributed by atoms with Crippen molar-refractivity contribution >= 4 is 27.5 Å². The normalized spacial score (nSPS) is 21.6. The lowest BCUT2D eigenvalue weighted by molar-refractivity contribution is 0.0657. The van der Waals surface area contributed by atoms with Gasteiger partial charge in [-0.15, -0.1) is 0 Å². The third-order valence-electron chi connectivity index (χ3n) is 3.30. The number of hydrogen-bond acceptors (Lipinski definition) is 2. The van der Waals surface area contributed by atoms with Crippen LogP contribution < -0.4 is 4.74 Å². The molecule has 1 unspecified atom stereocenters. The zero-order chi connectivity index (χ0) is 13.4. The van der Waals surface area contributed by atoms with Gasteiger partial charge in [0.15, 0.2) is 0 Å². The van der Waals surface area contributed by atoms with Crippen molar-refractivity contribution in [3.63, 3.8) is 0 Å². The highest BCUT2D eigenvalue weighted by Gasteiger charge is 2.27. The Hall–Kier alpha value is -1.03. The highest BCUT2D eigenvalue weighted by molar-refractivity contribution is 9.10. The number of rotatable bonds is 1. The van der Waals surface area contributed by atoms with Crippen LogP contribution in [0.25, 0.3) is 0 Å². The largest absolute Gasteiger partial charge is 0.485 e. The molecule has 1 heterocycles. The van der Waals surface area contributed by atoms with Crippen LogP contribution in [0.2, 0.25) is 5.02 Å². The molecule has 0 spiro atoms. The number of aliphatic hydroxyl groups is 1. The van der Waals surface area contributed by atoms with E-state index in [4.69, 9.17) is 16.3 Å². The second-order valence-electron chi connectivity index (χ2n) is 4.57. The van der Waals surface area contributed by atoms with Gasteiger partial charge in [0.2, 0.25) is 0 Å². The van der Waals surface area contributed by atoms with Crippen molar-refractivity contribution in [1.82, 2.24) is 0 Å². The van der Waals surface area contributed by atoms with Crippen LogP contribution in [0.15, 0.2) is 46.9 Å². The first-order valence-corrected chi connectivity index (χ1v) is 7.21. The van der Waals surface area contributed by atoms with Gasteiger partial charge in [-0.3, -0.25) is 0 Å². The molecule has 2 atom stereocenters. The third-order valence-corrected chi connectivity index (χ3v) is 4.53. The minimum Gasteiger partial charge on any atom is -0.485 e. The maximum atomic E-state index is 10.2. The summed E-state index contributed by atoms with van der Waals surface area (Å²) in [6, 6.07) is 13.3. The molecule has 0 aliphatic carbocycles. The van der Waals surface area contributed by atoms with Gasteiger partial charge in [0.1, 0.15) is 11.9 Å². The SMILES string of the molecule is O[C@H]1CC(c2ccc(Br)c(Cl)c2)Oc2ccccc21. The van der Waals surface area contributed by atoms with Crippen molar-refractivity contribution in [3.05, 3.63) is 63.1 Å². The molecular formula is C15H12BrClO2. The average molecular weight is 340 g/mol. The maximum absolute atomic E-state index is 10.2. The summed E-state index contributed by atoms with van der Waals surface area (Å²) in [6.45, 7) is 0. The first-order valence-electron chi connectivity index (χ1n) is 6.04. The van der Waals surface area contributed by atoms with Crippen LogP contribution in [-0.2, 0) is 0 Å². The number of ether oxygens (including phenoxy) is 1. The van der Waals surface area contributed by atoms with Gasteiger partial charge in [-0.25, -0.2) is 0 Å². The van der Waals surface area contributed by atoms with E-state index in [1.165, 1.54) is 0 Å². The van der Waals surface area contributed by atoms with Gasteiger partial charge in [-0.2, -0.15) is 0 Å². The predicted molar refractivity (Wildman–Crippen MR) is 78.5 cm³/mol. The summed E-state index contributed by atoms with van der Waals surface area (Å²) in [5.41, 5.74) is 1.82. The van der Waals surface area contributed by atoms with Crippen molar-refractivity contribution in [3.8, 4) is 5.75 Å². The van der Waals surface area contributed by atoms with Crippen molar-refractivity contribution in [1.29, 1.82) is 0 Å². The molecule has 0 bridgehead atoms. The fourth-order valence-corrected chi connectivity index (χ4v) is 2.75. The number of hydrogen-bond donors (Lipinski definition) is 1. The van der Waals surface area contributed by atoms with E-state index in [1.807, 2.05) is 42.5 Å². The van der Waals surface area contributed by atoms with E-state index in [0.717, 1.165) is 21.3 Å². The molecule has 1 aliphatic rings. The van der Waals surface area contributed by atoms with Gasteiger partial charge in [0, 0.05) is 16.5 Å². The quantitative estimate of drug-likeness (QED) is 0.819. The monoisotopic (exact) mass is 338 g/mol. The van der Waals surface area contributed by atoms with Crippen LogP contribution in [0.4, 0.5) is 0 Å². The lowest BCUT2D eigenvalue weighted by atomic mass is 9.95. The lowest BCUT2D eigenvalue weighted by Gasteiger charge is -2.30. The van der Waals surface area contributed by atoms with Gasteiger partial charge in [-0.1, -0.05) is 35.9 Å². The second kappa shape index (κ2) is 5.16. The predicted octanol–water partition coefficient (Wildman–Crippen LogP) is 4.66. The smallest absolute Gasteiger partial charge is 0.127 e. The zero-order valence-electron chi connectivity index (χ0n) is 10.0.